The lowest BCUT2D eigenvalue weighted by Crippen LogP contribution is -2.42. The number of hydrogen-bond acceptors (Lipinski definition) is 3. The molecule has 1 aliphatic rings. The van der Waals surface area contributed by atoms with E-state index < -0.39 is 0 Å². The zero-order valence-electron chi connectivity index (χ0n) is 10.7. The molecule has 0 aliphatic carbocycles. The van der Waals surface area contributed by atoms with Gasteiger partial charge in [-0.25, -0.2) is 9.89 Å². The standard InChI is InChI=1S/C12H18N4O2/c1-4-10(17)16-6-8(2)5-9(7-16)11-13-14-12(18)15(11)3/h4,8-9H,1,5-7H2,2-3H3,(H,14,18)/t8-,9-/m1/s1. The molecule has 1 fully saturated rings. The minimum Gasteiger partial charge on any atom is -0.338 e. The molecule has 0 saturated carbocycles. The topological polar surface area (TPSA) is 71.0 Å². The van der Waals surface area contributed by atoms with Crippen LogP contribution in [-0.4, -0.2) is 38.7 Å². The molecule has 0 unspecified atom stereocenters. The number of piperidine rings is 1. The van der Waals surface area contributed by atoms with Crippen LogP contribution in [0.4, 0.5) is 0 Å². The molecule has 1 aromatic rings. The Morgan fingerprint density at radius 2 is 2.28 bits per heavy atom. The van der Waals surface area contributed by atoms with Crippen molar-refractivity contribution in [2.75, 3.05) is 13.1 Å². The van der Waals surface area contributed by atoms with Gasteiger partial charge in [0.2, 0.25) is 5.91 Å². The Hall–Kier alpha value is -1.85. The van der Waals surface area contributed by atoms with E-state index in [4.69, 9.17) is 0 Å². The molecule has 1 N–H and O–H groups in total. The third-order valence-corrected chi connectivity index (χ3v) is 3.43. The molecule has 6 heteroatoms. The molecule has 1 amide bonds. The summed E-state index contributed by atoms with van der Waals surface area (Å²) < 4.78 is 1.51. The summed E-state index contributed by atoms with van der Waals surface area (Å²) in [6.07, 6.45) is 2.26. The highest BCUT2D eigenvalue weighted by Crippen LogP contribution is 2.28. The zero-order valence-corrected chi connectivity index (χ0v) is 10.7. The lowest BCUT2D eigenvalue weighted by Gasteiger charge is -2.35. The molecular formula is C12H18N4O2. The molecule has 2 rings (SSSR count). The van der Waals surface area contributed by atoms with E-state index in [-0.39, 0.29) is 17.5 Å². The van der Waals surface area contributed by atoms with Gasteiger partial charge >= 0.3 is 5.69 Å². The highest BCUT2D eigenvalue weighted by atomic mass is 16.2. The number of aromatic amines is 1. The second-order valence-electron chi connectivity index (χ2n) is 4.93. The Kier molecular flexibility index (Phi) is 3.36. The van der Waals surface area contributed by atoms with Crippen LogP contribution in [0.5, 0.6) is 0 Å². The highest BCUT2D eigenvalue weighted by Gasteiger charge is 2.30. The number of H-pyrrole nitrogens is 1. The van der Waals surface area contributed by atoms with Gasteiger partial charge < -0.3 is 4.90 Å². The summed E-state index contributed by atoms with van der Waals surface area (Å²) >= 11 is 0. The molecule has 1 aliphatic heterocycles. The minimum atomic E-state index is -0.218. The second kappa shape index (κ2) is 4.80. The lowest BCUT2D eigenvalue weighted by molar-refractivity contribution is -0.128. The van der Waals surface area contributed by atoms with Crippen molar-refractivity contribution in [2.24, 2.45) is 13.0 Å². The second-order valence-corrected chi connectivity index (χ2v) is 4.93. The Labute approximate surface area is 105 Å². The largest absolute Gasteiger partial charge is 0.343 e. The summed E-state index contributed by atoms with van der Waals surface area (Å²) in [5, 5.41) is 6.50. The SMILES string of the molecule is C=CC(=O)N1C[C@H](C)C[C@@H](c2n[nH]c(=O)n2C)C1. The number of likely N-dealkylation sites (tertiary alicyclic amines) is 1. The molecule has 1 aromatic heterocycles. The molecule has 0 bridgehead atoms. The molecule has 18 heavy (non-hydrogen) atoms. The predicted octanol–water partition coefficient (Wildman–Crippen LogP) is 0.246. The molecule has 98 valence electrons. The van der Waals surface area contributed by atoms with Crippen molar-refractivity contribution in [1.82, 2.24) is 19.7 Å². The van der Waals surface area contributed by atoms with Gasteiger partial charge in [0.15, 0.2) is 0 Å². The van der Waals surface area contributed by atoms with E-state index in [1.165, 1.54) is 10.6 Å². The average molecular weight is 250 g/mol. The van der Waals surface area contributed by atoms with Crippen LogP contribution in [0, 0.1) is 5.92 Å². The molecule has 0 spiro atoms. The van der Waals surface area contributed by atoms with Crippen molar-refractivity contribution in [2.45, 2.75) is 19.3 Å². The van der Waals surface area contributed by atoms with E-state index in [0.717, 1.165) is 13.0 Å². The summed E-state index contributed by atoms with van der Waals surface area (Å²) in [4.78, 5) is 24.8. The molecule has 2 atom stereocenters. The minimum absolute atomic E-state index is 0.0629. The summed E-state index contributed by atoms with van der Waals surface area (Å²) in [5.41, 5.74) is -0.218. The van der Waals surface area contributed by atoms with E-state index in [1.807, 2.05) is 0 Å². The molecule has 1 saturated heterocycles. The number of hydrogen-bond donors (Lipinski definition) is 1. The molecule has 6 nitrogen and oxygen atoms in total. The molecule has 0 radical (unpaired) electrons. The van der Waals surface area contributed by atoms with E-state index in [1.54, 1.807) is 11.9 Å². The maximum atomic E-state index is 11.7. The van der Waals surface area contributed by atoms with Crippen molar-refractivity contribution in [1.29, 1.82) is 0 Å². The summed E-state index contributed by atoms with van der Waals surface area (Å²) in [5.74, 6) is 1.14. The van der Waals surface area contributed by atoms with E-state index >= 15 is 0 Å². The maximum absolute atomic E-state index is 11.7. The van der Waals surface area contributed by atoms with Gasteiger partial charge in [-0.1, -0.05) is 13.5 Å². The van der Waals surface area contributed by atoms with Crippen LogP contribution in [0.15, 0.2) is 17.4 Å². The van der Waals surface area contributed by atoms with E-state index in [0.29, 0.717) is 18.3 Å². The van der Waals surface area contributed by atoms with Crippen LogP contribution in [0.1, 0.15) is 25.1 Å². The summed E-state index contributed by atoms with van der Waals surface area (Å²) in [7, 11) is 1.69. The smallest absolute Gasteiger partial charge is 0.338 e. The normalized spacial score (nSPS) is 24.0. The van der Waals surface area contributed by atoms with Crippen LogP contribution in [-0.2, 0) is 11.8 Å². The fraction of sp³-hybridized carbons (Fsp3) is 0.583. The number of amides is 1. The first-order valence-electron chi connectivity index (χ1n) is 6.05. The van der Waals surface area contributed by atoms with Gasteiger partial charge in [0, 0.05) is 26.1 Å². The molecular weight excluding hydrogens is 232 g/mol. The predicted molar refractivity (Wildman–Crippen MR) is 67.1 cm³/mol. The maximum Gasteiger partial charge on any atom is 0.343 e. The van der Waals surface area contributed by atoms with Crippen LogP contribution in [0.25, 0.3) is 0 Å². The van der Waals surface area contributed by atoms with E-state index in [2.05, 4.69) is 23.7 Å². The van der Waals surface area contributed by atoms with Crippen molar-refractivity contribution >= 4 is 5.91 Å². The summed E-state index contributed by atoms with van der Waals surface area (Å²) in [6, 6.07) is 0. The van der Waals surface area contributed by atoms with Crippen LogP contribution < -0.4 is 5.69 Å². The van der Waals surface area contributed by atoms with Crippen molar-refractivity contribution in [3.63, 3.8) is 0 Å². The quantitative estimate of drug-likeness (QED) is 0.765. The molecule has 0 aromatic carbocycles. The Balaban J connectivity index is 2.23. The fourth-order valence-corrected chi connectivity index (χ4v) is 2.57. The number of aromatic nitrogens is 3. The average Bonchev–Trinajstić information content (AvgIpc) is 2.68. The number of rotatable bonds is 2. The van der Waals surface area contributed by atoms with Crippen molar-refractivity contribution in [3.05, 3.63) is 29.0 Å². The first-order chi connectivity index (χ1) is 8.52. The first kappa shape index (κ1) is 12.6. The third kappa shape index (κ3) is 2.23. The van der Waals surface area contributed by atoms with Gasteiger partial charge in [0.1, 0.15) is 5.82 Å². The van der Waals surface area contributed by atoms with Gasteiger partial charge in [-0.05, 0) is 18.4 Å². The highest BCUT2D eigenvalue weighted by molar-refractivity contribution is 5.87. The van der Waals surface area contributed by atoms with Crippen LogP contribution >= 0.6 is 0 Å². The Bertz CT molecular complexity index is 516. The number of carbonyl (C=O) groups is 1. The van der Waals surface area contributed by atoms with Gasteiger partial charge in [-0.2, -0.15) is 5.10 Å². The molecule has 2 heterocycles. The Morgan fingerprint density at radius 1 is 1.56 bits per heavy atom. The Morgan fingerprint density at radius 3 is 2.83 bits per heavy atom. The zero-order chi connectivity index (χ0) is 13.3. The van der Waals surface area contributed by atoms with Gasteiger partial charge in [-0.15, -0.1) is 0 Å². The third-order valence-electron chi connectivity index (χ3n) is 3.43. The fourth-order valence-electron chi connectivity index (χ4n) is 2.57. The monoisotopic (exact) mass is 250 g/mol. The van der Waals surface area contributed by atoms with Gasteiger partial charge in [0.25, 0.3) is 0 Å². The van der Waals surface area contributed by atoms with Gasteiger partial charge in [-0.3, -0.25) is 9.36 Å². The lowest BCUT2D eigenvalue weighted by atomic mass is 9.89. The van der Waals surface area contributed by atoms with E-state index in [9.17, 15) is 9.59 Å². The van der Waals surface area contributed by atoms with Crippen molar-refractivity contribution in [3.8, 4) is 0 Å². The number of nitrogens with zero attached hydrogens (tertiary/aromatic N) is 3. The van der Waals surface area contributed by atoms with Crippen molar-refractivity contribution < 1.29 is 4.79 Å². The van der Waals surface area contributed by atoms with Crippen LogP contribution in [0.2, 0.25) is 0 Å². The first-order valence-corrected chi connectivity index (χ1v) is 6.05. The number of nitrogens with one attached hydrogen (secondary N) is 1. The van der Waals surface area contributed by atoms with Gasteiger partial charge in [0.05, 0.1) is 0 Å². The summed E-state index contributed by atoms with van der Waals surface area (Å²) in [6.45, 7) is 6.94. The van der Waals surface area contributed by atoms with Crippen LogP contribution in [0.3, 0.4) is 0 Å². The number of carbonyl (C=O) groups excluding carboxylic acids is 1.